The van der Waals surface area contributed by atoms with E-state index in [0.29, 0.717) is 19.4 Å². The van der Waals surface area contributed by atoms with Crippen LogP contribution in [-0.4, -0.2) is 25.9 Å². The summed E-state index contributed by atoms with van der Waals surface area (Å²) in [6, 6.07) is 1.46. The van der Waals surface area contributed by atoms with E-state index >= 15 is 0 Å². The highest BCUT2D eigenvalue weighted by Gasteiger charge is 2.24. The predicted octanol–water partition coefficient (Wildman–Crippen LogP) is 0.0984. The molecule has 70 valence electrons. The fraction of sp³-hybridized carbons (Fsp3) is 0.571. The molecule has 1 aromatic rings. The van der Waals surface area contributed by atoms with Gasteiger partial charge < -0.3 is 15.2 Å². The van der Waals surface area contributed by atoms with E-state index in [4.69, 9.17) is 0 Å². The number of hydrogen-bond donors (Lipinski definition) is 1. The van der Waals surface area contributed by atoms with Gasteiger partial charge in [-0.05, 0) is 17.8 Å². The molecular weight excluding hydrogens is 174 g/mol. The van der Waals surface area contributed by atoms with Gasteiger partial charge >= 0.3 is 5.82 Å². The molecule has 0 saturated heterocycles. The summed E-state index contributed by atoms with van der Waals surface area (Å²) in [5.74, 6) is -0.135. The lowest BCUT2D eigenvalue weighted by Crippen LogP contribution is -2.24. The first-order valence-corrected chi connectivity index (χ1v) is 4.06. The third-order valence-electron chi connectivity index (χ3n) is 2.15. The molecule has 0 bridgehead atoms. The number of aliphatic hydroxyl groups excluding tert-OH is 1. The summed E-state index contributed by atoms with van der Waals surface area (Å²) in [5, 5.41) is 23.4. The highest BCUT2D eigenvalue weighted by atomic mass is 16.6. The van der Waals surface area contributed by atoms with Gasteiger partial charge in [-0.2, -0.15) is 4.68 Å². The quantitative estimate of drug-likeness (QED) is 0.494. The highest BCUT2D eigenvalue weighted by molar-refractivity contribution is 5.23. The lowest BCUT2D eigenvalue weighted by Gasteiger charge is -2.15. The third-order valence-corrected chi connectivity index (χ3v) is 2.15. The van der Waals surface area contributed by atoms with Crippen molar-refractivity contribution < 1.29 is 10.0 Å². The first kappa shape index (κ1) is 8.18. The zero-order valence-electron chi connectivity index (χ0n) is 6.88. The van der Waals surface area contributed by atoms with Crippen LogP contribution in [0.1, 0.15) is 12.1 Å². The molecule has 0 spiro atoms. The average molecular weight is 183 g/mol. The minimum atomic E-state index is -0.516. The second-order valence-corrected chi connectivity index (χ2v) is 3.13. The minimum absolute atomic E-state index is 0.135. The summed E-state index contributed by atoms with van der Waals surface area (Å²) in [5.41, 5.74) is 0.831. The Morgan fingerprint density at radius 1 is 1.77 bits per heavy atom. The van der Waals surface area contributed by atoms with E-state index in [0.717, 1.165) is 5.69 Å². The van der Waals surface area contributed by atoms with Gasteiger partial charge in [-0.3, -0.25) is 0 Å². The molecule has 0 saturated carbocycles. The molecule has 6 nitrogen and oxygen atoms in total. The minimum Gasteiger partial charge on any atom is -0.391 e. The number of fused-ring (bicyclic) bond motifs is 1. The Morgan fingerprint density at radius 2 is 2.54 bits per heavy atom. The smallest absolute Gasteiger partial charge is 0.390 e. The normalized spacial score (nSPS) is 21.2. The molecule has 1 N–H and O–H groups in total. The van der Waals surface area contributed by atoms with Crippen LogP contribution in [0.25, 0.3) is 0 Å². The van der Waals surface area contributed by atoms with E-state index in [1.54, 1.807) is 0 Å². The molecule has 2 heterocycles. The Hall–Kier alpha value is -1.43. The first-order valence-electron chi connectivity index (χ1n) is 4.06. The molecule has 2 rings (SSSR count). The molecule has 1 atom stereocenters. The molecule has 1 aliphatic rings. The van der Waals surface area contributed by atoms with Crippen molar-refractivity contribution in [3.63, 3.8) is 0 Å². The van der Waals surface area contributed by atoms with Crippen molar-refractivity contribution in [2.45, 2.75) is 25.5 Å². The Bertz CT molecular complexity index is 347. The van der Waals surface area contributed by atoms with Gasteiger partial charge in [0.1, 0.15) is 0 Å². The van der Waals surface area contributed by atoms with Crippen LogP contribution in [0.2, 0.25) is 0 Å². The van der Waals surface area contributed by atoms with Crippen molar-refractivity contribution in [1.29, 1.82) is 0 Å². The maximum absolute atomic E-state index is 10.4. The largest absolute Gasteiger partial charge is 0.391 e. The Balaban J connectivity index is 2.33. The molecule has 0 radical (unpaired) electrons. The summed E-state index contributed by atoms with van der Waals surface area (Å²) < 4.78 is 1.51. The number of aryl methyl sites for hydroxylation is 1. The van der Waals surface area contributed by atoms with E-state index in [-0.39, 0.29) is 5.82 Å². The number of aliphatic hydroxyl groups is 1. The highest BCUT2D eigenvalue weighted by Crippen LogP contribution is 2.19. The summed E-state index contributed by atoms with van der Waals surface area (Å²) >= 11 is 0. The van der Waals surface area contributed by atoms with Crippen LogP contribution in [0.5, 0.6) is 0 Å². The van der Waals surface area contributed by atoms with E-state index in [2.05, 4.69) is 5.10 Å². The second kappa shape index (κ2) is 2.81. The molecule has 0 amide bonds. The third kappa shape index (κ3) is 1.40. The fourth-order valence-corrected chi connectivity index (χ4v) is 1.49. The maximum atomic E-state index is 10.4. The van der Waals surface area contributed by atoms with Crippen LogP contribution in [0.4, 0.5) is 5.82 Å². The van der Waals surface area contributed by atoms with E-state index < -0.39 is 11.0 Å². The van der Waals surface area contributed by atoms with Gasteiger partial charge in [-0.15, -0.1) is 0 Å². The first-order chi connectivity index (χ1) is 6.16. The molecule has 1 aliphatic heterocycles. The van der Waals surface area contributed by atoms with E-state index in [1.807, 2.05) is 0 Å². The lowest BCUT2D eigenvalue weighted by atomic mass is 10.1. The van der Waals surface area contributed by atoms with Crippen molar-refractivity contribution in [1.82, 2.24) is 9.78 Å². The number of hydrogen-bond acceptors (Lipinski definition) is 4. The van der Waals surface area contributed by atoms with Gasteiger partial charge in [0, 0.05) is 0 Å². The Morgan fingerprint density at radius 3 is 3.23 bits per heavy atom. The van der Waals surface area contributed by atoms with Crippen LogP contribution in [-0.2, 0) is 13.0 Å². The summed E-state index contributed by atoms with van der Waals surface area (Å²) in [7, 11) is 0. The van der Waals surface area contributed by atoms with Crippen LogP contribution < -0.4 is 0 Å². The van der Waals surface area contributed by atoms with Crippen molar-refractivity contribution in [3.05, 3.63) is 21.9 Å². The number of nitrogens with zero attached hydrogens (tertiary/aromatic N) is 3. The Labute approximate surface area is 73.9 Å². The molecule has 0 aromatic carbocycles. The zero-order chi connectivity index (χ0) is 9.42. The summed E-state index contributed by atoms with van der Waals surface area (Å²) in [6.45, 7) is 0.364. The van der Waals surface area contributed by atoms with Crippen molar-refractivity contribution >= 4 is 5.82 Å². The topological polar surface area (TPSA) is 81.2 Å². The Kier molecular flexibility index (Phi) is 1.77. The van der Waals surface area contributed by atoms with E-state index in [9.17, 15) is 15.2 Å². The SMILES string of the molecule is O=[N+]([O-])c1cc2n(n1)CC(O)CC2. The van der Waals surface area contributed by atoms with Gasteiger partial charge in [0.25, 0.3) is 0 Å². The van der Waals surface area contributed by atoms with Crippen LogP contribution >= 0.6 is 0 Å². The van der Waals surface area contributed by atoms with Crippen molar-refractivity contribution in [3.8, 4) is 0 Å². The van der Waals surface area contributed by atoms with Crippen molar-refractivity contribution in [2.75, 3.05) is 0 Å². The number of nitro groups is 1. The van der Waals surface area contributed by atoms with Crippen LogP contribution in [0.15, 0.2) is 6.07 Å². The van der Waals surface area contributed by atoms with Gasteiger partial charge in [-0.25, -0.2) is 0 Å². The molecule has 0 aliphatic carbocycles. The summed E-state index contributed by atoms with van der Waals surface area (Å²) in [6.07, 6.45) is 0.886. The molecule has 6 heteroatoms. The standard InChI is InChI=1S/C7H9N3O3/c11-6-2-1-5-3-7(10(12)13)8-9(5)4-6/h3,6,11H,1-2,4H2. The van der Waals surface area contributed by atoms with Gasteiger partial charge in [0.2, 0.25) is 0 Å². The fourth-order valence-electron chi connectivity index (χ4n) is 1.49. The van der Waals surface area contributed by atoms with Crippen LogP contribution in [0.3, 0.4) is 0 Å². The lowest BCUT2D eigenvalue weighted by molar-refractivity contribution is -0.389. The predicted molar refractivity (Wildman–Crippen MR) is 43.2 cm³/mol. The molecular formula is C7H9N3O3. The number of aromatic nitrogens is 2. The monoisotopic (exact) mass is 183 g/mol. The molecule has 1 unspecified atom stereocenters. The van der Waals surface area contributed by atoms with E-state index in [1.165, 1.54) is 10.7 Å². The molecule has 1 aromatic heterocycles. The number of rotatable bonds is 1. The molecule has 0 fully saturated rings. The van der Waals surface area contributed by atoms with Gasteiger partial charge in [0.05, 0.1) is 29.5 Å². The van der Waals surface area contributed by atoms with Gasteiger partial charge in [-0.1, -0.05) is 0 Å². The average Bonchev–Trinajstić information content (AvgIpc) is 2.46. The summed E-state index contributed by atoms with van der Waals surface area (Å²) in [4.78, 5) is 9.85. The second-order valence-electron chi connectivity index (χ2n) is 3.13. The van der Waals surface area contributed by atoms with Crippen molar-refractivity contribution in [2.24, 2.45) is 0 Å². The maximum Gasteiger partial charge on any atom is 0.390 e. The van der Waals surface area contributed by atoms with Gasteiger partial charge in [0.15, 0.2) is 0 Å². The zero-order valence-corrected chi connectivity index (χ0v) is 6.88. The molecule has 13 heavy (non-hydrogen) atoms. The van der Waals surface area contributed by atoms with Crippen LogP contribution in [0, 0.1) is 10.1 Å².